The van der Waals surface area contributed by atoms with E-state index in [1.54, 1.807) is 31.4 Å². The van der Waals surface area contributed by atoms with Crippen LogP contribution in [0.3, 0.4) is 0 Å². The number of phenolic OH excluding ortho intramolecular Hbond substituents is 1. The number of piperazine rings is 1. The molecule has 7 nitrogen and oxygen atoms in total. The molecule has 2 atom stereocenters. The highest BCUT2D eigenvalue weighted by Crippen LogP contribution is 2.29. The van der Waals surface area contributed by atoms with Crippen LogP contribution in [0.2, 0.25) is 0 Å². The van der Waals surface area contributed by atoms with Crippen molar-refractivity contribution >= 4 is 11.6 Å². The van der Waals surface area contributed by atoms with E-state index < -0.39 is 0 Å². The second kappa shape index (κ2) is 12.2. The number of amides is 1. The fourth-order valence-electron chi connectivity index (χ4n) is 4.94. The molecule has 2 N–H and O–H groups in total. The molecule has 0 unspecified atom stereocenters. The van der Waals surface area contributed by atoms with Crippen LogP contribution in [0.5, 0.6) is 23.0 Å². The van der Waals surface area contributed by atoms with Gasteiger partial charge < -0.3 is 24.8 Å². The van der Waals surface area contributed by atoms with E-state index in [9.17, 15) is 9.90 Å². The van der Waals surface area contributed by atoms with E-state index in [2.05, 4.69) is 35.9 Å². The number of nitrogens with zero attached hydrogens (tertiary/aromatic N) is 2. The summed E-state index contributed by atoms with van der Waals surface area (Å²) in [6.45, 7) is 11.9. The fourth-order valence-corrected chi connectivity index (χ4v) is 4.94. The average molecular weight is 518 g/mol. The summed E-state index contributed by atoms with van der Waals surface area (Å²) in [5.41, 5.74) is 2.63. The molecule has 0 saturated carbocycles. The lowest BCUT2D eigenvalue weighted by Crippen LogP contribution is -2.56. The normalized spacial score (nSPS) is 16.8. The summed E-state index contributed by atoms with van der Waals surface area (Å²) in [6, 6.07) is 20.8. The molecule has 1 aliphatic heterocycles. The number of aryl methyl sites for hydroxylation is 1. The zero-order valence-electron chi connectivity index (χ0n) is 23.0. The molecule has 7 heteroatoms. The van der Waals surface area contributed by atoms with Gasteiger partial charge in [-0.3, -0.25) is 9.69 Å². The van der Waals surface area contributed by atoms with Gasteiger partial charge in [-0.25, -0.2) is 0 Å². The van der Waals surface area contributed by atoms with Crippen molar-refractivity contribution in [1.29, 1.82) is 0 Å². The second-order valence-corrected chi connectivity index (χ2v) is 10.4. The van der Waals surface area contributed by atoms with E-state index >= 15 is 0 Å². The van der Waals surface area contributed by atoms with Gasteiger partial charge in [0, 0.05) is 56.1 Å². The summed E-state index contributed by atoms with van der Waals surface area (Å²) in [6.07, 6.45) is 0. The maximum Gasteiger partial charge on any atom is 0.255 e. The van der Waals surface area contributed by atoms with Gasteiger partial charge >= 0.3 is 0 Å². The highest BCUT2D eigenvalue weighted by atomic mass is 16.5. The predicted molar refractivity (Wildman–Crippen MR) is 152 cm³/mol. The van der Waals surface area contributed by atoms with Gasteiger partial charge in [0.05, 0.1) is 12.7 Å². The summed E-state index contributed by atoms with van der Waals surface area (Å²) in [7, 11) is 1.57. The topological polar surface area (TPSA) is 74.3 Å². The molecular weight excluding hydrogens is 478 g/mol. The van der Waals surface area contributed by atoms with Crippen molar-refractivity contribution in [3.05, 3.63) is 77.9 Å². The number of hydrogen-bond donors (Lipinski definition) is 2. The van der Waals surface area contributed by atoms with Crippen molar-refractivity contribution in [3.63, 3.8) is 0 Å². The first-order chi connectivity index (χ1) is 18.2. The summed E-state index contributed by atoms with van der Waals surface area (Å²) in [5, 5.41) is 13.1. The number of nitrogens with one attached hydrogen (secondary N) is 1. The minimum absolute atomic E-state index is 0.0186. The number of carbonyl (C=O) groups is 1. The van der Waals surface area contributed by atoms with Crippen LogP contribution >= 0.6 is 0 Å². The lowest BCUT2D eigenvalue weighted by molar-refractivity contribution is 0.0900. The molecule has 0 aromatic heterocycles. The molecule has 1 heterocycles. The molecule has 202 valence electrons. The molecule has 3 aromatic rings. The number of ether oxygens (including phenoxy) is 2. The van der Waals surface area contributed by atoms with Gasteiger partial charge in [0.2, 0.25) is 0 Å². The number of benzene rings is 3. The van der Waals surface area contributed by atoms with Gasteiger partial charge in [-0.15, -0.1) is 0 Å². The number of hydrogen-bond acceptors (Lipinski definition) is 6. The average Bonchev–Trinajstić information content (AvgIpc) is 2.88. The van der Waals surface area contributed by atoms with Crippen LogP contribution in [0, 0.1) is 12.8 Å². The molecule has 0 radical (unpaired) electrons. The number of aromatic hydroxyl groups is 1. The third kappa shape index (κ3) is 6.78. The first kappa shape index (κ1) is 27.3. The number of methoxy groups -OCH3 is 1. The molecule has 0 spiro atoms. The zero-order chi connectivity index (χ0) is 27.2. The van der Waals surface area contributed by atoms with Crippen LogP contribution in [0.1, 0.15) is 36.7 Å². The van der Waals surface area contributed by atoms with E-state index in [0.717, 1.165) is 43.2 Å². The molecule has 1 aliphatic rings. The Morgan fingerprint density at radius 1 is 1.05 bits per heavy atom. The Morgan fingerprint density at radius 3 is 2.50 bits per heavy atom. The van der Waals surface area contributed by atoms with Gasteiger partial charge in [-0.1, -0.05) is 32.0 Å². The summed E-state index contributed by atoms with van der Waals surface area (Å²) in [4.78, 5) is 18.1. The molecule has 0 bridgehead atoms. The van der Waals surface area contributed by atoms with Gasteiger partial charge in [-0.2, -0.15) is 0 Å². The number of anilines is 1. The quantitative estimate of drug-likeness (QED) is 0.392. The molecular formula is C31H39N3O4. The predicted octanol–water partition coefficient (Wildman–Crippen LogP) is 5.47. The summed E-state index contributed by atoms with van der Waals surface area (Å²) in [5.74, 6) is 2.21. The molecule has 4 rings (SSSR count). The Labute approximate surface area is 226 Å². The first-order valence-electron chi connectivity index (χ1n) is 13.2. The highest BCUT2D eigenvalue weighted by Gasteiger charge is 2.28. The van der Waals surface area contributed by atoms with Gasteiger partial charge in [-0.05, 0) is 61.7 Å². The number of rotatable bonds is 9. The van der Waals surface area contributed by atoms with Crippen molar-refractivity contribution in [2.45, 2.75) is 39.8 Å². The molecule has 1 amide bonds. The van der Waals surface area contributed by atoms with Gasteiger partial charge in [0.1, 0.15) is 23.0 Å². The van der Waals surface area contributed by atoms with Crippen molar-refractivity contribution in [2.24, 2.45) is 5.92 Å². The lowest BCUT2D eigenvalue weighted by atomic mass is 10.0. The monoisotopic (exact) mass is 517 g/mol. The number of carbonyl (C=O) groups excluding carboxylic acids is 1. The summed E-state index contributed by atoms with van der Waals surface area (Å²) >= 11 is 0. The van der Waals surface area contributed by atoms with E-state index in [4.69, 9.17) is 9.47 Å². The minimum Gasteiger partial charge on any atom is -0.508 e. The van der Waals surface area contributed by atoms with Crippen molar-refractivity contribution in [1.82, 2.24) is 10.2 Å². The molecule has 0 aliphatic carbocycles. The minimum atomic E-state index is -0.158. The third-order valence-electron chi connectivity index (χ3n) is 7.09. The first-order valence-corrected chi connectivity index (χ1v) is 13.2. The second-order valence-electron chi connectivity index (χ2n) is 10.4. The SMILES string of the molecule is COc1cc(Oc2cccc(C)c2)ccc1C(=O)N[C@H](CN1CCN(c2cccc(O)c2)[C@@H](C)C1)C(C)C. The van der Waals surface area contributed by atoms with Gasteiger partial charge in [0.15, 0.2) is 0 Å². The molecule has 1 saturated heterocycles. The van der Waals surface area contributed by atoms with Crippen molar-refractivity contribution in [2.75, 3.05) is 38.2 Å². The summed E-state index contributed by atoms with van der Waals surface area (Å²) < 4.78 is 11.5. The Balaban J connectivity index is 1.40. The Kier molecular flexibility index (Phi) is 8.79. The van der Waals surface area contributed by atoms with E-state index in [-0.39, 0.29) is 29.7 Å². The van der Waals surface area contributed by atoms with Crippen molar-refractivity contribution < 1.29 is 19.4 Å². The van der Waals surface area contributed by atoms with E-state index in [0.29, 0.717) is 17.1 Å². The fraction of sp³-hybridized carbons (Fsp3) is 0.387. The van der Waals surface area contributed by atoms with Crippen LogP contribution < -0.4 is 19.7 Å². The highest BCUT2D eigenvalue weighted by molar-refractivity contribution is 5.97. The van der Waals surface area contributed by atoms with Crippen LogP contribution in [0.15, 0.2) is 66.7 Å². The smallest absolute Gasteiger partial charge is 0.255 e. The largest absolute Gasteiger partial charge is 0.508 e. The Morgan fingerprint density at radius 2 is 1.82 bits per heavy atom. The maximum absolute atomic E-state index is 13.3. The van der Waals surface area contributed by atoms with Gasteiger partial charge in [0.25, 0.3) is 5.91 Å². The van der Waals surface area contributed by atoms with Crippen LogP contribution in [0.25, 0.3) is 0 Å². The standard InChI is InChI=1S/C31H39N3O4/c1-21(2)29(20-33-14-15-34(23(4)19-33)24-9-7-10-25(35)17-24)32-31(36)28-13-12-27(18-30(28)37-5)38-26-11-6-8-22(3)16-26/h6-13,16-18,21,23,29,35H,14-15,19-20H2,1-5H3,(H,32,36)/t23-,29+/m0/s1. The van der Waals surface area contributed by atoms with Crippen molar-refractivity contribution in [3.8, 4) is 23.0 Å². The van der Waals surface area contributed by atoms with Crippen LogP contribution in [-0.4, -0.2) is 61.3 Å². The number of phenols is 1. The van der Waals surface area contributed by atoms with E-state index in [1.807, 2.05) is 49.4 Å². The van der Waals surface area contributed by atoms with E-state index in [1.165, 1.54) is 0 Å². The molecule has 3 aromatic carbocycles. The zero-order valence-corrected chi connectivity index (χ0v) is 23.0. The third-order valence-corrected chi connectivity index (χ3v) is 7.09. The Hall–Kier alpha value is -3.71. The Bertz CT molecular complexity index is 1250. The van der Waals surface area contributed by atoms with Crippen LogP contribution in [0.4, 0.5) is 5.69 Å². The molecule has 1 fully saturated rings. The maximum atomic E-state index is 13.3. The van der Waals surface area contributed by atoms with Crippen LogP contribution in [-0.2, 0) is 0 Å². The lowest BCUT2D eigenvalue weighted by Gasteiger charge is -2.42. The molecule has 38 heavy (non-hydrogen) atoms.